The summed E-state index contributed by atoms with van der Waals surface area (Å²) in [6, 6.07) is 0. The van der Waals surface area contributed by atoms with Crippen LogP contribution in [-0.2, 0) is 0 Å². The van der Waals surface area contributed by atoms with Gasteiger partial charge in [-0.05, 0) is 14.0 Å². The second-order valence-corrected chi connectivity index (χ2v) is 3.03. The van der Waals surface area contributed by atoms with Gasteiger partial charge in [0.1, 0.15) is 0 Å². The number of rotatable bonds is 1. The highest BCUT2D eigenvalue weighted by Crippen LogP contribution is 2.04. The van der Waals surface area contributed by atoms with Crippen LogP contribution in [0, 0.1) is 0 Å². The molecule has 12 heavy (non-hydrogen) atoms. The number of piperazine rings is 1. The Morgan fingerprint density at radius 2 is 1.50 bits per heavy atom. The molecule has 1 aliphatic rings. The number of hydrogen-bond donors (Lipinski definition) is 0. The van der Waals surface area contributed by atoms with Crippen LogP contribution in [0.4, 0.5) is 0 Å². The van der Waals surface area contributed by atoms with Crippen LogP contribution in [-0.4, -0.2) is 43.0 Å². The van der Waals surface area contributed by atoms with Gasteiger partial charge in [-0.15, -0.1) is 0 Å². The highest BCUT2D eigenvalue weighted by atomic mass is 15.2. The maximum atomic E-state index is 3.91. The van der Waals surface area contributed by atoms with Gasteiger partial charge in [0.05, 0.1) is 0 Å². The molecule has 2 heteroatoms. The van der Waals surface area contributed by atoms with Gasteiger partial charge in [0.25, 0.3) is 0 Å². The van der Waals surface area contributed by atoms with Crippen LogP contribution in [0.3, 0.4) is 0 Å². The minimum absolute atomic E-state index is 1.14. The summed E-state index contributed by atoms with van der Waals surface area (Å²) in [7, 11) is 2.16. The van der Waals surface area contributed by atoms with Crippen molar-refractivity contribution in [1.82, 2.24) is 9.80 Å². The minimum Gasteiger partial charge on any atom is -0.373 e. The average Bonchev–Trinajstić information content (AvgIpc) is 2.09. The predicted molar refractivity (Wildman–Crippen MR) is 55.2 cm³/mol. The van der Waals surface area contributed by atoms with Gasteiger partial charge in [-0.2, -0.15) is 0 Å². The SMILES string of the molecule is C=C(C)N1CCN(C)CC1.CC. The Morgan fingerprint density at radius 1 is 1.08 bits per heavy atom. The molecule has 1 saturated heterocycles. The molecule has 0 bridgehead atoms. The zero-order valence-electron chi connectivity index (χ0n) is 8.93. The van der Waals surface area contributed by atoms with Gasteiger partial charge < -0.3 is 9.80 Å². The second kappa shape index (κ2) is 6.06. The molecule has 0 aromatic heterocycles. The maximum absolute atomic E-state index is 3.91. The molecular formula is C10H22N2. The molecule has 0 saturated carbocycles. The Kier molecular flexibility index (Phi) is 5.81. The van der Waals surface area contributed by atoms with Crippen LogP contribution >= 0.6 is 0 Å². The molecule has 1 aliphatic heterocycles. The Morgan fingerprint density at radius 3 is 1.83 bits per heavy atom. The third kappa shape index (κ3) is 3.77. The zero-order valence-corrected chi connectivity index (χ0v) is 8.93. The molecule has 0 radical (unpaired) electrons. The van der Waals surface area contributed by atoms with Crippen LogP contribution in [0.15, 0.2) is 12.3 Å². The smallest absolute Gasteiger partial charge is 0.0302 e. The van der Waals surface area contributed by atoms with E-state index in [0.29, 0.717) is 0 Å². The maximum Gasteiger partial charge on any atom is 0.0302 e. The second-order valence-electron chi connectivity index (χ2n) is 3.03. The van der Waals surface area contributed by atoms with E-state index in [1.54, 1.807) is 0 Å². The first-order valence-corrected chi connectivity index (χ1v) is 4.79. The molecule has 0 atom stereocenters. The van der Waals surface area contributed by atoms with Gasteiger partial charge in [0.2, 0.25) is 0 Å². The number of hydrogen-bond acceptors (Lipinski definition) is 2. The lowest BCUT2D eigenvalue weighted by Crippen LogP contribution is -2.43. The summed E-state index contributed by atoms with van der Waals surface area (Å²) in [6.07, 6.45) is 0. The Hall–Kier alpha value is -0.500. The Bertz CT molecular complexity index is 124. The van der Waals surface area contributed by atoms with Crippen molar-refractivity contribution in [2.45, 2.75) is 20.8 Å². The van der Waals surface area contributed by atoms with Crippen molar-refractivity contribution in [2.75, 3.05) is 33.2 Å². The van der Waals surface area contributed by atoms with E-state index in [1.807, 2.05) is 13.8 Å². The molecule has 0 N–H and O–H groups in total. The summed E-state index contributed by atoms with van der Waals surface area (Å²) >= 11 is 0. The van der Waals surface area contributed by atoms with Gasteiger partial charge in [-0.1, -0.05) is 20.4 Å². The fraction of sp³-hybridized carbons (Fsp3) is 0.800. The van der Waals surface area contributed by atoms with Crippen molar-refractivity contribution in [3.8, 4) is 0 Å². The minimum atomic E-state index is 1.14. The van der Waals surface area contributed by atoms with Crippen molar-refractivity contribution in [1.29, 1.82) is 0 Å². The molecule has 0 aliphatic carbocycles. The fourth-order valence-electron chi connectivity index (χ4n) is 1.19. The standard InChI is InChI=1S/C8H16N2.C2H6/c1-8(2)10-6-4-9(3)5-7-10;1-2/h1,4-7H2,2-3H3;1-2H3. The predicted octanol–water partition coefficient (Wildman–Crippen LogP) is 1.79. The van der Waals surface area contributed by atoms with Gasteiger partial charge in [0.15, 0.2) is 0 Å². The molecule has 1 heterocycles. The first-order valence-electron chi connectivity index (χ1n) is 4.79. The summed E-state index contributed by atoms with van der Waals surface area (Å²) in [6.45, 7) is 14.6. The topological polar surface area (TPSA) is 6.48 Å². The van der Waals surface area contributed by atoms with E-state index < -0.39 is 0 Å². The molecule has 0 aromatic rings. The number of nitrogens with zero attached hydrogens (tertiary/aromatic N) is 2. The van der Waals surface area contributed by atoms with Crippen molar-refractivity contribution < 1.29 is 0 Å². The fourth-order valence-corrected chi connectivity index (χ4v) is 1.19. The van der Waals surface area contributed by atoms with Gasteiger partial charge >= 0.3 is 0 Å². The first kappa shape index (κ1) is 11.5. The average molecular weight is 170 g/mol. The van der Waals surface area contributed by atoms with Gasteiger partial charge in [-0.25, -0.2) is 0 Å². The van der Waals surface area contributed by atoms with Crippen LogP contribution in [0.2, 0.25) is 0 Å². The highest BCUT2D eigenvalue weighted by molar-refractivity contribution is 4.90. The lowest BCUT2D eigenvalue weighted by atomic mass is 10.3. The quantitative estimate of drug-likeness (QED) is 0.592. The third-order valence-corrected chi connectivity index (χ3v) is 2.04. The highest BCUT2D eigenvalue weighted by Gasteiger charge is 2.11. The van der Waals surface area contributed by atoms with Crippen LogP contribution in [0.5, 0.6) is 0 Å². The van der Waals surface area contributed by atoms with Crippen LogP contribution < -0.4 is 0 Å². The Labute approximate surface area is 76.9 Å². The summed E-state index contributed by atoms with van der Waals surface area (Å²) in [5.74, 6) is 0. The van der Waals surface area contributed by atoms with E-state index in [9.17, 15) is 0 Å². The van der Waals surface area contributed by atoms with E-state index in [2.05, 4.69) is 30.4 Å². The van der Waals surface area contributed by atoms with E-state index in [0.717, 1.165) is 13.1 Å². The van der Waals surface area contributed by atoms with Gasteiger partial charge in [0, 0.05) is 31.9 Å². The summed E-state index contributed by atoms with van der Waals surface area (Å²) in [5, 5.41) is 0. The van der Waals surface area contributed by atoms with Crippen molar-refractivity contribution in [2.24, 2.45) is 0 Å². The summed E-state index contributed by atoms with van der Waals surface area (Å²) in [4.78, 5) is 4.68. The van der Waals surface area contributed by atoms with Crippen LogP contribution in [0.1, 0.15) is 20.8 Å². The lowest BCUT2D eigenvalue weighted by molar-refractivity contribution is 0.187. The Balaban J connectivity index is 0.000000561. The van der Waals surface area contributed by atoms with E-state index in [1.165, 1.54) is 18.8 Å². The monoisotopic (exact) mass is 170 g/mol. The molecule has 0 unspecified atom stereocenters. The zero-order chi connectivity index (χ0) is 9.56. The molecule has 1 fully saturated rings. The van der Waals surface area contributed by atoms with E-state index in [4.69, 9.17) is 0 Å². The molecule has 1 rings (SSSR count). The van der Waals surface area contributed by atoms with Crippen molar-refractivity contribution in [3.05, 3.63) is 12.3 Å². The normalized spacial score (nSPS) is 18.2. The summed E-state index contributed by atoms with van der Waals surface area (Å²) < 4.78 is 0. The molecule has 2 nitrogen and oxygen atoms in total. The van der Waals surface area contributed by atoms with E-state index in [-0.39, 0.29) is 0 Å². The largest absolute Gasteiger partial charge is 0.373 e. The molecule has 0 aromatic carbocycles. The van der Waals surface area contributed by atoms with Crippen molar-refractivity contribution >= 4 is 0 Å². The number of likely N-dealkylation sites (N-methyl/N-ethyl adjacent to an activating group) is 1. The molecule has 72 valence electrons. The first-order chi connectivity index (χ1) is 5.70. The van der Waals surface area contributed by atoms with Crippen molar-refractivity contribution in [3.63, 3.8) is 0 Å². The molecular weight excluding hydrogens is 148 g/mol. The molecule has 0 amide bonds. The number of allylic oxidation sites excluding steroid dienone is 1. The molecule has 0 spiro atoms. The third-order valence-electron chi connectivity index (χ3n) is 2.04. The van der Waals surface area contributed by atoms with Gasteiger partial charge in [-0.3, -0.25) is 0 Å². The van der Waals surface area contributed by atoms with E-state index >= 15 is 0 Å². The van der Waals surface area contributed by atoms with Crippen LogP contribution in [0.25, 0.3) is 0 Å². The summed E-state index contributed by atoms with van der Waals surface area (Å²) in [5.41, 5.74) is 1.20. The lowest BCUT2D eigenvalue weighted by Gasteiger charge is -2.33.